The van der Waals surface area contributed by atoms with Crippen molar-refractivity contribution in [2.45, 2.75) is 26.8 Å². The topological polar surface area (TPSA) is 77.4 Å². The molecule has 150 valence electrons. The molecule has 1 aromatic carbocycles. The number of nitrogens with one attached hydrogen (secondary N) is 1. The van der Waals surface area contributed by atoms with Crippen molar-refractivity contribution >= 4 is 37.4 Å². The van der Waals surface area contributed by atoms with Gasteiger partial charge in [0.05, 0.1) is 18.2 Å². The largest absolute Gasteiger partial charge is 0.497 e. The van der Waals surface area contributed by atoms with E-state index < -0.39 is 10.0 Å². The first-order valence-corrected chi connectivity index (χ1v) is 11.6. The fraction of sp³-hybridized carbons (Fsp3) is 0.350. The third-order valence-electron chi connectivity index (χ3n) is 4.60. The van der Waals surface area contributed by atoms with Gasteiger partial charge in [0.2, 0.25) is 15.8 Å². The summed E-state index contributed by atoms with van der Waals surface area (Å²) in [5.74, 6) is 0.736. The summed E-state index contributed by atoms with van der Waals surface area (Å²) in [5.41, 5.74) is 2.65. The highest BCUT2D eigenvalue weighted by atomic mass is 32.2. The predicted molar refractivity (Wildman–Crippen MR) is 113 cm³/mol. The van der Waals surface area contributed by atoms with Gasteiger partial charge in [-0.15, -0.1) is 11.3 Å². The molecule has 0 saturated heterocycles. The van der Waals surface area contributed by atoms with E-state index in [0.29, 0.717) is 30.0 Å². The maximum Gasteiger partial charge on any atom is 0.208 e. The molecule has 2 heterocycles. The number of carbonyl (C=O) groups excluding carboxylic acids is 1. The maximum absolute atomic E-state index is 13.0. The van der Waals surface area contributed by atoms with E-state index in [2.05, 4.69) is 15.4 Å². The molecule has 28 heavy (non-hydrogen) atoms. The van der Waals surface area contributed by atoms with Crippen molar-refractivity contribution in [3.63, 3.8) is 0 Å². The summed E-state index contributed by atoms with van der Waals surface area (Å²) >= 11 is 1.47. The highest BCUT2D eigenvalue weighted by molar-refractivity contribution is 7.88. The van der Waals surface area contributed by atoms with Gasteiger partial charge in [-0.2, -0.15) is 0 Å². The van der Waals surface area contributed by atoms with Crippen LogP contribution in [-0.4, -0.2) is 38.7 Å². The van der Waals surface area contributed by atoms with E-state index in [0.717, 1.165) is 33.5 Å². The lowest BCUT2D eigenvalue weighted by Crippen LogP contribution is -2.23. The fourth-order valence-corrected chi connectivity index (χ4v) is 4.90. The van der Waals surface area contributed by atoms with Crippen molar-refractivity contribution in [3.8, 4) is 5.75 Å². The molecule has 3 rings (SSSR count). The summed E-state index contributed by atoms with van der Waals surface area (Å²) in [5, 5.41) is 1.04. The Hall–Kier alpha value is -2.16. The number of benzene rings is 1. The molecular weight excluding hydrogens is 396 g/mol. The molecule has 0 spiro atoms. The minimum absolute atomic E-state index is 0.00398. The first-order chi connectivity index (χ1) is 13.2. The number of hydrogen-bond acceptors (Lipinski definition) is 5. The van der Waals surface area contributed by atoms with Crippen LogP contribution in [0.3, 0.4) is 0 Å². The van der Waals surface area contributed by atoms with Crippen LogP contribution in [0, 0.1) is 13.8 Å². The summed E-state index contributed by atoms with van der Waals surface area (Å²) < 4.78 is 32.2. The summed E-state index contributed by atoms with van der Waals surface area (Å²) in [6.07, 6.45) is 1.83. The number of sulfonamides is 1. The van der Waals surface area contributed by atoms with Gasteiger partial charge < -0.3 is 9.30 Å². The smallest absolute Gasteiger partial charge is 0.208 e. The molecule has 6 nitrogen and oxygen atoms in total. The van der Waals surface area contributed by atoms with Crippen LogP contribution in [0.5, 0.6) is 5.75 Å². The molecule has 0 fully saturated rings. The Morgan fingerprint density at radius 2 is 1.96 bits per heavy atom. The van der Waals surface area contributed by atoms with Crippen molar-refractivity contribution in [3.05, 3.63) is 52.0 Å². The summed E-state index contributed by atoms with van der Waals surface area (Å²) in [7, 11) is -1.57. The van der Waals surface area contributed by atoms with Crippen LogP contribution >= 0.6 is 11.3 Å². The van der Waals surface area contributed by atoms with Crippen LogP contribution in [0.2, 0.25) is 0 Å². The molecule has 0 amide bonds. The van der Waals surface area contributed by atoms with Crippen LogP contribution < -0.4 is 9.46 Å². The molecule has 0 saturated carbocycles. The third-order valence-corrected chi connectivity index (χ3v) is 6.50. The normalized spacial score (nSPS) is 11.9. The van der Waals surface area contributed by atoms with Crippen LogP contribution in [0.1, 0.15) is 32.9 Å². The highest BCUT2D eigenvalue weighted by Gasteiger charge is 2.18. The lowest BCUT2D eigenvalue weighted by molar-refractivity contribution is 0.104. The maximum atomic E-state index is 13.0. The Bertz CT molecular complexity index is 1130. The molecule has 0 aliphatic heterocycles. The van der Waals surface area contributed by atoms with Gasteiger partial charge in [0.15, 0.2) is 0 Å². The van der Waals surface area contributed by atoms with Crippen molar-refractivity contribution < 1.29 is 17.9 Å². The monoisotopic (exact) mass is 420 g/mol. The van der Waals surface area contributed by atoms with Crippen LogP contribution in [0.25, 0.3) is 10.2 Å². The molecule has 0 aliphatic carbocycles. The average Bonchev–Trinajstić information content (AvgIpc) is 3.15. The van der Waals surface area contributed by atoms with Crippen molar-refractivity contribution in [2.75, 3.05) is 19.9 Å². The number of aromatic nitrogens is 1. The molecular formula is C20H24N2O4S2. The Morgan fingerprint density at radius 1 is 1.21 bits per heavy atom. The second kappa shape index (κ2) is 8.06. The number of fused-ring (bicyclic) bond motifs is 1. The van der Waals surface area contributed by atoms with Gasteiger partial charge >= 0.3 is 0 Å². The van der Waals surface area contributed by atoms with Gasteiger partial charge in [-0.25, -0.2) is 13.1 Å². The van der Waals surface area contributed by atoms with Crippen LogP contribution in [-0.2, 0) is 16.6 Å². The first kappa shape index (κ1) is 20.6. The Labute approximate surface area is 169 Å². The molecule has 3 aromatic rings. The molecule has 0 radical (unpaired) electrons. The van der Waals surface area contributed by atoms with Gasteiger partial charge in [-0.3, -0.25) is 4.79 Å². The molecule has 1 N–H and O–H groups in total. The minimum atomic E-state index is -3.17. The molecule has 0 aliphatic rings. The van der Waals surface area contributed by atoms with E-state index in [4.69, 9.17) is 4.74 Å². The number of hydrogen-bond donors (Lipinski definition) is 1. The molecule has 8 heteroatoms. The second-order valence-electron chi connectivity index (χ2n) is 6.84. The van der Waals surface area contributed by atoms with Crippen LogP contribution in [0.4, 0.5) is 0 Å². The Kier molecular flexibility index (Phi) is 5.92. The molecule has 0 atom stereocenters. The third kappa shape index (κ3) is 4.45. The zero-order chi connectivity index (χ0) is 20.5. The first-order valence-electron chi connectivity index (χ1n) is 8.93. The quantitative estimate of drug-likeness (QED) is 0.447. The van der Waals surface area contributed by atoms with Gasteiger partial charge in [-0.1, -0.05) is 0 Å². The van der Waals surface area contributed by atoms with E-state index in [1.807, 2.05) is 26.0 Å². The average molecular weight is 421 g/mol. The number of carbonyl (C=O) groups is 1. The molecule has 2 aromatic heterocycles. The van der Waals surface area contributed by atoms with E-state index in [-0.39, 0.29) is 5.78 Å². The standard InChI is InChI=1S/C20H24N2O4S2/c1-13-10-16(26-3)6-7-17(13)19(23)18-12-15-11-14(2)22(20(15)27-18)9-5-8-21-28(4,24)25/h6-7,10-12,21H,5,8-9H2,1-4H3. The highest BCUT2D eigenvalue weighted by Crippen LogP contribution is 2.31. The summed E-state index contributed by atoms with van der Waals surface area (Å²) in [4.78, 5) is 14.7. The number of ether oxygens (including phenoxy) is 1. The van der Waals surface area contributed by atoms with E-state index in [9.17, 15) is 13.2 Å². The Morgan fingerprint density at radius 3 is 2.61 bits per heavy atom. The number of ketones is 1. The molecule has 0 bridgehead atoms. The SMILES string of the molecule is COc1ccc(C(=O)c2cc3cc(C)n(CCCNS(C)(=O)=O)c3s2)c(C)c1. The number of methoxy groups -OCH3 is 1. The second-order valence-corrected chi connectivity index (χ2v) is 9.70. The number of thiophene rings is 1. The molecule has 0 unspecified atom stereocenters. The van der Waals surface area contributed by atoms with Crippen molar-refractivity contribution in [1.29, 1.82) is 0 Å². The van der Waals surface area contributed by atoms with Crippen LogP contribution in [0.15, 0.2) is 30.3 Å². The number of aryl methyl sites for hydroxylation is 3. The summed E-state index contributed by atoms with van der Waals surface area (Å²) in [6, 6.07) is 9.46. The zero-order valence-corrected chi connectivity index (χ0v) is 18.0. The van der Waals surface area contributed by atoms with Crippen molar-refractivity contribution in [1.82, 2.24) is 9.29 Å². The zero-order valence-electron chi connectivity index (χ0n) is 16.4. The minimum Gasteiger partial charge on any atom is -0.497 e. The summed E-state index contributed by atoms with van der Waals surface area (Å²) in [6.45, 7) is 5.00. The lowest BCUT2D eigenvalue weighted by Gasteiger charge is -2.08. The van der Waals surface area contributed by atoms with Gasteiger partial charge in [0, 0.05) is 29.7 Å². The van der Waals surface area contributed by atoms with Gasteiger partial charge in [0.25, 0.3) is 0 Å². The van der Waals surface area contributed by atoms with E-state index in [1.54, 1.807) is 19.2 Å². The lowest BCUT2D eigenvalue weighted by atomic mass is 10.0. The van der Waals surface area contributed by atoms with Gasteiger partial charge in [0.1, 0.15) is 10.6 Å². The Balaban J connectivity index is 1.82. The van der Waals surface area contributed by atoms with Crippen molar-refractivity contribution in [2.24, 2.45) is 0 Å². The fourth-order valence-electron chi connectivity index (χ4n) is 3.21. The van der Waals surface area contributed by atoms with E-state index in [1.165, 1.54) is 11.3 Å². The predicted octanol–water partition coefficient (Wildman–Crippen LogP) is 3.50. The van der Waals surface area contributed by atoms with Gasteiger partial charge in [-0.05, 0) is 56.2 Å². The number of rotatable bonds is 8. The number of nitrogens with zero attached hydrogens (tertiary/aromatic N) is 1. The van der Waals surface area contributed by atoms with E-state index >= 15 is 0 Å².